The molecule has 0 N–H and O–H groups in total. The normalized spacial score (nSPS) is 15.7. The number of ether oxygens (including phenoxy) is 1. The largest absolute Gasteiger partial charge is 0.458 e. The van der Waals surface area contributed by atoms with Gasteiger partial charge in [0, 0.05) is 34.2 Å². The molecule has 3 nitrogen and oxygen atoms in total. The molecule has 0 unspecified atom stereocenters. The molecule has 0 aromatic heterocycles. The van der Waals surface area contributed by atoms with Crippen LogP contribution in [0.1, 0.15) is 99.6 Å². The van der Waals surface area contributed by atoms with Gasteiger partial charge < -0.3 is 14.5 Å². The highest BCUT2D eigenvalue weighted by atomic mass is 16.5. The van der Waals surface area contributed by atoms with Crippen molar-refractivity contribution in [2.24, 2.45) is 0 Å². The summed E-state index contributed by atoms with van der Waals surface area (Å²) in [6.45, 7) is 17.3. The van der Waals surface area contributed by atoms with Crippen LogP contribution in [0.3, 0.4) is 0 Å². The molecule has 10 rings (SSSR count). The quantitative estimate of drug-likeness (QED) is 0.161. The average molecular weight is 832 g/mol. The van der Waals surface area contributed by atoms with Crippen molar-refractivity contribution in [3.8, 4) is 22.6 Å². The van der Waals surface area contributed by atoms with E-state index >= 15 is 0 Å². The van der Waals surface area contributed by atoms with Crippen LogP contribution in [0.15, 0.2) is 164 Å². The second-order valence-corrected chi connectivity index (χ2v) is 19.8. The number of hydrogen-bond donors (Lipinski definition) is 0. The number of anilines is 6. The van der Waals surface area contributed by atoms with Crippen molar-refractivity contribution in [2.75, 3.05) is 9.80 Å². The fraction of sp³-hybridized carbons (Fsp3) is 0.220. The summed E-state index contributed by atoms with van der Waals surface area (Å²) >= 11 is 0. The van der Waals surface area contributed by atoms with Crippen molar-refractivity contribution in [3.63, 3.8) is 0 Å². The minimum absolute atomic E-state index is 0.00627. The van der Waals surface area contributed by atoms with Crippen molar-refractivity contribution in [1.82, 2.24) is 0 Å². The Balaban J connectivity index is 1.46. The van der Waals surface area contributed by atoms with Crippen molar-refractivity contribution >= 4 is 68.0 Å². The van der Waals surface area contributed by atoms with Gasteiger partial charge in [0.2, 0.25) is 0 Å². The van der Waals surface area contributed by atoms with Crippen LogP contribution in [0.2, 0.25) is 0 Å². The van der Waals surface area contributed by atoms with E-state index in [0.717, 1.165) is 21.9 Å². The summed E-state index contributed by atoms with van der Waals surface area (Å²) in [4.78, 5) is 3.24. The molecule has 0 bridgehead atoms. The predicted molar refractivity (Wildman–Crippen MR) is 271 cm³/mol. The average Bonchev–Trinajstić information content (AvgIpc) is 3.33. The molecule has 0 atom stereocenters. The van der Waals surface area contributed by atoms with Crippen LogP contribution in [0.4, 0.5) is 34.1 Å². The first-order valence-electron chi connectivity index (χ1n) is 27.2. The van der Waals surface area contributed by atoms with Crippen molar-refractivity contribution < 1.29 is 19.8 Å². The van der Waals surface area contributed by atoms with Crippen LogP contribution in [0, 0.1) is 6.92 Å². The Kier molecular flexibility index (Phi) is 6.98. The molecule has 2 aliphatic rings. The lowest BCUT2D eigenvalue weighted by atomic mass is 9.33. The lowest BCUT2D eigenvalue weighted by Gasteiger charge is -2.42. The summed E-state index contributed by atoms with van der Waals surface area (Å²) in [6, 6.07) is 28.3. The van der Waals surface area contributed by atoms with Gasteiger partial charge in [-0.1, -0.05) is 171 Å². The highest BCUT2D eigenvalue weighted by molar-refractivity contribution is 6.99. The first kappa shape index (κ1) is 29.7. The Morgan fingerprint density at radius 2 is 1.22 bits per heavy atom. The molecule has 0 amide bonds. The maximum Gasteiger partial charge on any atom is 0.256 e. The molecule has 312 valence electrons. The second-order valence-electron chi connectivity index (χ2n) is 19.8. The maximum atomic E-state index is 10.9. The molecule has 63 heavy (non-hydrogen) atoms. The second kappa shape index (κ2) is 14.8. The van der Waals surface area contributed by atoms with Crippen molar-refractivity contribution in [2.45, 2.75) is 85.5 Å². The fourth-order valence-corrected chi connectivity index (χ4v) is 8.84. The van der Waals surface area contributed by atoms with Crippen LogP contribution in [0.5, 0.6) is 11.5 Å². The predicted octanol–water partition coefficient (Wildman–Crippen LogP) is 14.6. The third-order valence-electron chi connectivity index (χ3n) is 12.0. The van der Waals surface area contributed by atoms with Gasteiger partial charge in [-0.3, -0.25) is 0 Å². The maximum absolute atomic E-state index is 10.9. The van der Waals surface area contributed by atoms with E-state index in [1.807, 2.05) is 164 Å². The van der Waals surface area contributed by atoms with Gasteiger partial charge in [0.15, 0.2) is 0 Å². The smallest absolute Gasteiger partial charge is 0.256 e. The van der Waals surface area contributed by atoms with Gasteiger partial charge in [0.25, 0.3) is 6.71 Å². The molecule has 8 aromatic carbocycles. The molecule has 2 aliphatic heterocycles. The highest BCUT2D eigenvalue weighted by Gasteiger charge is 2.43. The molecule has 0 fully saturated rings. The number of nitrogens with zero attached hydrogens (tertiary/aromatic N) is 2. The SMILES string of the molecule is [2H]c1c([2H])c(C(C)(C)C)c([2H])c2c1Oc1c([2H])c(N(c3cccc(-c4ccccc4)c3)c3cccc4ccccc34)c([2H])c3c1B2c1c([2H])c(C(C)(C)C)c([2H])c([2H])c1N3c1c([2H])c([2H])c(C(C)(C)C)c(C)c1[2H]. The minimum Gasteiger partial charge on any atom is -0.458 e. The summed E-state index contributed by atoms with van der Waals surface area (Å²) in [6.07, 6.45) is 0. The van der Waals surface area contributed by atoms with E-state index < -0.39 is 23.0 Å². The van der Waals surface area contributed by atoms with Gasteiger partial charge in [-0.2, -0.15) is 0 Å². The summed E-state index contributed by atoms with van der Waals surface area (Å²) in [5.41, 5.74) is 1.92. The number of benzene rings is 8. The molecule has 4 heteroatoms. The van der Waals surface area contributed by atoms with E-state index in [2.05, 4.69) is 0 Å². The highest BCUT2D eigenvalue weighted by Crippen LogP contribution is 2.48. The first-order valence-corrected chi connectivity index (χ1v) is 21.7. The Morgan fingerprint density at radius 3 is 1.97 bits per heavy atom. The molecular formula is C59H57BN2O. The fourth-order valence-electron chi connectivity index (χ4n) is 8.84. The van der Waals surface area contributed by atoms with Crippen molar-refractivity contribution in [3.05, 3.63) is 186 Å². The molecule has 0 aliphatic carbocycles. The lowest BCUT2D eigenvalue weighted by molar-refractivity contribution is 0.486. The topological polar surface area (TPSA) is 15.7 Å². The van der Waals surface area contributed by atoms with E-state index in [-0.39, 0.29) is 128 Å². The van der Waals surface area contributed by atoms with Gasteiger partial charge >= 0.3 is 0 Å². The van der Waals surface area contributed by atoms with Crippen molar-refractivity contribution in [1.29, 1.82) is 0 Å². The summed E-state index contributed by atoms with van der Waals surface area (Å²) in [7, 11) is 0. The number of hydrogen-bond acceptors (Lipinski definition) is 3. The van der Waals surface area contributed by atoms with Gasteiger partial charge in [-0.05, 0) is 127 Å². The minimum atomic E-state index is -1.28. The van der Waals surface area contributed by atoms with E-state index in [9.17, 15) is 15.1 Å². The van der Waals surface area contributed by atoms with Gasteiger partial charge in [0.1, 0.15) is 11.5 Å². The van der Waals surface area contributed by atoms with Crippen LogP contribution in [0.25, 0.3) is 21.9 Å². The molecule has 0 saturated heterocycles. The lowest BCUT2D eigenvalue weighted by Crippen LogP contribution is -2.60. The molecule has 0 saturated carbocycles. The van der Waals surface area contributed by atoms with E-state index in [1.165, 1.54) is 4.90 Å². The molecule has 8 aromatic rings. The summed E-state index contributed by atoms with van der Waals surface area (Å²) in [5.74, 6) is -0.306. The van der Waals surface area contributed by atoms with Gasteiger partial charge in [-0.25, -0.2) is 0 Å². The van der Waals surface area contributed by atoms with Crippen LogP contribution in [-0.4, -0.2) is 6.71 Å². The number of fused-ring (bicyclic) bond motifs is 5. The summed E-state index contributed by atoms with van der Waals surface area (Å²) < 4.78 is 117. The molecule has 2 heterocycles. The number of rotatable bonds is 5. The van der Waals surface area contributed by atoms with E-state index in [1.54, 1.807) is 6.92 Å². The third-order valence-corrected chi connectivity index (χ3v) is 12.0. The van der Waals surface area contributed by atoms with E-state index in [0.29, 0.717) is 22.5 Å². The Morgan fingerprint density at radius 1 is 0.556 bits per heavy atom. The first-order chi connectivity index (χ1) is 34.7. The van der Waals surface area contributed by atoms with Crippen LogP contribution in [-0.2, 0) is 16.2 Å². The molecule has 0 spiro atoms. The van der Waals surface area contributed by atoms with Gasteiger partial charge in [-0.15, -0.1) is 0 Å². The summed E-state index contributed by atoms with van der Waals surface area (Å²) in [5, 5.41) is 1.66. The Bertz CT molecular complexity index is 3670. The molecule has 0 radical (unpaired) electrons. The molecular weight excluding hydrogens is 763 g/mol. The van der Waals surface area contributed by atoms with Gasteiger partial charge in [0.05, 0.1) is 26.5 Å². The van der Waals surface area contributed by atoms with Crippen LogP contribution >= 0.6 is 0 Å². The monoisotopic (exact) mass is 832 g/mol. The Hall–Kier alpha value is -6.52. The van der Waals surface area contributed by atoms with E-state index in [4.69, 9.17) is 4.74 Å². The van der Waals surface area contributed by atoms with Crippen LogP contribution < -0.4 is 30.9 Å². The Labute approximate surface area is 390 Å². The zero-order chi connectivity index (χ0) is 53.6. The zero-order valence-electron chi connectivity index (χ0n) is 48.6. The zero-order valence-corrected chi connectivity index (χ0v) is 37.6. The standard InChI is InChI=1S/C59H57BN2O/c1-38-32-45(28-29-48(38)59(8,9)10)62-52-30-26-42(57(2,3)4)34-49(52)60-50-35-43(58(5,6)7)27-31-54(50)63-55-37-46(36-53(62)56(55)60)61(51-25-17-21-40-20-14-15-24-47(40)51)44-23-16-22-41(33-44)39-18-12-11-13-19-39/h11-37H,1-10H3/i26D,27D,28D,29D,30D,31D,32D,34D,35D,36D,37D. The third kappa shape index (κ3) is 7.10.